The highest BCUT2D eigenvalue weighted by molar-refractivity contribution is 6.30. The Morgan fingerprint density at radius 1 is 1.40 bits per heavy atom. The minimum Gasteiger partial charge on any atom is -0.314 e. The van der Waals surface area contributed by atoms with E-state index in [1.54, 1.807) is 0 Å². The Labute approximate surface area is 96.2 Å². The van der Waals surface area contributed by atoms with Crippen LogP contribution in [-0.4, -0.2) is 30.6 Å². The molecule has 0 amide bonds. The summed E-state index contributed by atoms with van der Waals surface area (Å²) in [5.41, 5.74) is 1.34. The maximum atomic E-state index is 5.86. The van der Waals surface area contributed by atoms with E-state index >= 15 is 0 Å². The number of hydrogen-bond donors (Lipinski definition) is 1. The van der Waals surface area contributed by atoms with E-state index in [4.69, 9.17) is 11.6 Å². The molecule has 0 aliphatic carbocycles. The van der Waals surface area contributed by atoms with Crippen LogP contribution in [0.5, 0.6) is 0 Å². The predicted molar refractivity (Wildman–Crippen MR) is 64.2 cm³/mol. The predicted octanol–water partition coefficient (Wildman–Crippen LogP) is 2.13. The monoisotopic (exact) mass is 224 g/mol. The van der Waals surface area contributed by atoms with Gasteiger partial charge in [0, 0.05) is 37.2 Å². The molecule has 1 N–H and O–H groups in total. The molecule has 0 bridgehead atoms. The number of nitrogens with one attached hydrogen (secondary N) is 1. The molecule has 1 aromatic carbocycles. The Hall–Kier alpha value is -0.570. The fraction of sp³-hybridized carbons (Fsp3) is 0.500. The zero-order valence-corrected chi connectivity index (χ0v) is 9.80. The summed E-state index contributed by atoms with van der Waals surface area (Å²) in [7, 11) is 0. The first-order chi connectivity index (χ1) is 7.25. The largest absolute Gasteiger partial charge is 0.314 e. The van der Waals surface area contributed by atoms with Gasteiger partial charge < -0.3 is 5.32 Å². The molecule has 1 aliphatic rings. The van der Waals surface area contributed by atoms with E-state index in [-0.39, 0.29) is 0 Å². The maximum absolute atomic E-state index is 5.86. The van der Waals surface area contributed by atoms with Gasteiger partial charge in [-0.05, 0) is 24.6 Å². The van der Waals surface area contributed by atoms with Crippen molar-refractivity contribution in [1.82, 2.24) is 10.2 Å². The van der Waals surface area contributed by atoms with Crippen LogP contribution in [0.15, 0.2) is 24.3 Å². The van der Waals surface area contributed by atoms with Crippen LogP contribution in [0, 0.1) is 0 Å². The summed E-state index contributed by atoms with van der Waals surface area (Å²) >= 11 is 5.86. The summed E-state index contributed by atoms with van der Waals surface area (Å²) < 4.78 is 0. The molecule has 1 aromatic rings. The van der Waals surface area contributed by atoms with E-state index in [0.29, 0.717) is 6.04 Å². The van der Waals surface area contributed by atoms with Crippen LogP contribution in [0.3, 0.4) is 0 Å². The molecule has 1 fully saturated rings. The van der Waals surface area contributed by atoms with Crippen molar-refractivity contribution < 1.29 is 0 Å². The topological polar surface area (TPSA) is 15.3 Å². The van der Waals surface area contributed by atoms with Gasteiger partial charge in [-0.3, -0.25) is 4.90 Å². The van der Waals surface area contributed by atoms with Crippen molar-refractivity contribution in [3.05, 3.63) is 34.9 Å². The molecule has 1 heterocycles. The Morgan fingerprint density at radius 2 is 2.13 bits per heavy atom. The number of halogens is 1. The van der Waals surface area contributed by atoms with Gasteiger partial charge in [0.25, 0.3) is 0 Å². The molecule has 1 atom stereocenters. The van der Waals surface area contributed by atoms with Crippen molar-refractivity contribution in [2.45, 2.75) is 19.5 Å². The lowest BCUT2D eigenvalue weighted by Crippen LogP contribution is -2.49. The third-order valence-electron chi connectivity index (χ3n) is 2.94. The molecular formula is C12H17ClN2. The van der Waals surface area contributed by atoms with Crippen molar-refractivity contribution in [3.8, 4) is 0 Å². The smallest absolute Gasteiger partial charge is 0.0406 e. The highest BCUT2D eigenvalue weighted by Crippen LogP contribution is 2.13. The first kappa shape index (κ1) is 10.9. The SMILES string of the molecule is C[C@@H]1CNCCN1Cc1ccc(Cl)cc1. The molecule has 0 saturated carbocycles. The minimum atomic E-state index is 0.620. The van der Waals surface area contributed by atoms with Gasteiger partial charge in [0.1, 0.15) is 0 Å². The molecule has 2 nitrogen and oxygen atoms in total. The second kappa shape index (κ2) is 4.97. The quantitative estimate of drug-likeness (QED) is 0.828. The number of benzene rings is 1. The van der Waals surface area contributed by atoms with E-state index in [2.05, 4.69) is 29.3 Å². The van der Waals surface area contributed by atoms with E-state index in [0.717, 1.165) is 31.2 Å². The summed E-state index contributed by atoms with van der Waals surface area (Å²) in [5, 5.41) is 4.21. The van der Waals surface area contributed by atoms with E-state index in [1.165, 1.54) is 5.56 Å². The fourth-order valence-electron chi connectivity index (χ4n) is 1.94. The summed E-state index contributed by atoms with van der Waals surface area (Å²) in [6.07, 6.45) is 0. The van der Waals surface area contributed by atoms with Gasteiger partial charge in [-0.25, -0.2) is 0 Å². The minimum absolute atomic E-state index is 0.620. The first-order valence-electron chi connectivity index (χ1n) is 5.45. The van der Waals surface area contributed by atoms with Crippen molar-refractivity contribution in [1.29, 1.82) is 0 Å². The molecule has 1 saturated heterocycles. The van der Waals surface area contributed by atoms with E-state index in [9.17, 15) is 0 Å². The van der Waals surface area contributed by atoms with Crippen LogP contribution >= 0.6 is 11.6 Å². The lowest BCUT2D eigenvalue weighted by Gasteiger charge is -2.33. The molecule has 15 heavy (non-hydrogen) atoms. The molecule has 2 rings (SSSR count). The van der Waals surface area contributed by atoms with Gasteiger partial charge in [0.15, 0.2) is 0 Å². The van der Waals surface area contributed by atoms with Crippen LogP contribution in [0.1, 0.15) is 12.5 Å². The maximum Gasteiger partial charge on any atom is 0.0406 e. The highest BCUT2D eigenvalue weighted by Gasteiger charge is 2.17. The van der Waals surface area contributed by atoms with Gasteiger partial charge in [-0.1, -0.05) is 23.7 Å². The average Bonchev–Trinajstić information content (AvgIpc) is 2.25. The lowest BCUT2D eigenvalue weighted by molar-refractivity contribution is 0.165. The van der Waals surface area contributed by atoms with Crippen molar-refractivity contribution >= 4 is 11.6 Å². The Morgan fingerprint density at radius 3 is 2.80 bits per heavy atom. The summed E-state index contributed by atoms with van der Waals surface area (Å²) in [5.74, 6) is 0. The standard InChI is InChI=1S/C12H17ClN2/c1-10-8-14-6-7-15(10)9-11-2-4-12(13)5-3-11/h2-5,10,14H,6-9H2,1H3/t10-/m1/s1. The van der Waals surface area contributed by atoms with E-state index < -0.39 is 0 Å². The van der Waals surface area contributed by atoms with Gasteiger partial charge >= 0.3 is 0 Å². The van der Waals surface area contributed by atoms with Crippen LogP contribution in [0.25, 0.3) is 0 Å². The first-order valence-corrected chi connectivity index (χ1v) is 5.83. The molecule has 0 unspecified atom stereocenters. The Kier molecular flexibility index (Phi) is 3.62. The van der Waals surface area contributed by atoms with Gasteiger partial charge in [0.05, 0.1) is 0 Å². The van der Waals surface area contributed by atoms with Gasteiger partial charge in [-0.2, -0.15) is 0 Å². The lowest BCUT2D eigenvalue weighted by atomic mass is 10.1. The zero-order chi connectivity index (χ0) is 10.7. The summed E-state index contributed by atoms with van der Waals surface area (Å²) in [6.45, 7) is 6.61. The molecule has 0 spiro atoms. The Bertz CT molecular complexity index is 310. The van der Waals surface area contributed by atoms with Crippen molar-refractivity contribution in [2.24, 2.45) is 0 Å². The normalized spacial score (nSPS) is 22.9. The molecular weight excluding hydrogens is 208 g/mol. The molecule has 0 radical (unpaired) electrons. The third kappa shape index (κ3) is 2.94. The second-order valence-corrected chi connectivity index (χ2v) is 4.59. The zero-order valence-electron chi connectivity index (χ0n) is 9.04. The second-order valence-electron chi connectivity index (χ2n) is 4.15. The van der Waals surface area contributed by atoms with E-state index in [1.807, 2.05) is 12.1 Å². The number of nitrogens with zero attached hydrogens (tertiary/aromatic N) is 1. The molecule has 1 aliphatic heterocycles. The number of hydrogen-bond acceptors (Lipinski definition) is 2. The molecule has 0 aromatic heterocycles. The van der Waals surface area contributed by atoms with Gasteiger partial charge in [0.2, 0.25) is 0 Å². The highest BCUT2D eigenvalue weighted by atomic mass is 35.5. The number of rotatable bonds is 2. The van der Waals surface area contributed by atoms with Crippen LogP contribution < -0.4 is 5.32 Å². The van der Waals surface area contributed by atoms with Gasteiger partial charge in [-0.15, -0.1) is 0 Å². The van der Waals surface area contributed by atoms with Crippen molar-refractivity contribution in [2.75, 3.05) is 19.6 Å². The molecule has 3 heteroatoms. The van der Waals surface area contributed by atoms with Crippen LogP contribution in [-0.2, 0) is 6.54 Å². The Balaban J connectivity index is 1.98. The summed E-state index contributed by atoms with van der Waals surface area (Å²) in [6, 6.07) is 8.76. The molecule has 82 valence electrons. The summed E-state index contributed by atoms with van der Waals surface area (Å²) in [4.78, 5) is 2.50. The number of piperazine rings is 1. The van der Waals surface area contributed by atoms with Crippen molar-refractivity contribution in [3.63, 3.8) is 0 Å². The average molecular weight is 225 g/mol. The third-order valence-corrected chi connectivity index (χ3v) is 3.19. The fourth-order valence-corrected chi connectivity index (χ4v) is 2.07. The van der Waals surface area contributed by atoms with Crippen LogP contribution in [0.2, 0.25) is 5.02 Å². The van der Waals surface area contributed by atoms with Crippen LogP contribution in [0.4, 0.5) is 0 Å².